The first-order valence-corrected chi connectivity index (χ1v) is 38.9. The molecule has 0 spiro atoms. The van der Waals surface area contributed by atoms with E-state index >= 15 is 0 Å². The van der Waals surface area contributed by atoms with Gasteiger partial charge in [0.15, 0.2) is 5.78 Å². The summed E-state index contributed by atoms with van der Waals surface area (Å²) in [7, 11) is 0. The fraction of sp³-hybridized carbons (Fsp3) is 0.773. The quantitative estimate of drug-likeness (QED) is 0.0239. The number of nitrogens with zero attached hydrogens (tertiary/aromatic N) is 2. The number of carbonyl (C=O) groups is 17. The highest BCUT2D eigenvalue weighted by molar-refractivity contribution is 5.98. The summed E-state index contributed by atoms with van der Waals surface area (Å²) in [4.78, 5) is 224. The minimum Gasteiger partial charge on any atom is -0.481 e. The van der Waals surface area contributed by atoms with Crippen LogP contribution in [0.15, 0.2) is 0 Å². The molecule has 2 saturated heterocycles. The van der Waals surface area contributed by atoms with Crippen molar-refractivity contribution in [3.63, 3.8) is 0 Å². The molecule has 105 heavy (non-hydrogen) atoms. The molecule has 0 aromatic carbocycles. The van der Waals surface area contributed by atoms with Crippen molar-refractivity contribution >= 4 is 102 Å². The molecule has 2 aliphatic heterocycles. The molecule has 9 unspecified atom stereocenters. The molecular weight excluding hydrogens is 1360 g/mol. The van der Waals surface area contributed by atoms with E-state index in [1.54, 1.807) is 0 Å². The van der Waals surface area contributed by atoms with Gasteiger partial charge in [0, 0.05) is 71.0 Å². The topological polar surface area (TPSA) is 454 Å². The van der Waals surface area contributed by atoms with Crippen LogP contribution in [0.1, 0.15) is 297 Å². The maximum absolute atomic E-state index is 14.0. The zero-order valence-corrected chi connectivity index (χ0v) is 62.6. The van der Waals surface area contributed by atoms with Gasteiger partial charge in [-0.2, -0.15) is 0 Å². The fourth-order valence-electron chi connectivity index (χ4n) is 13.0. The number of hydrogen-bond donors (Lipinski definition) is 11. The highest BCUT2D eigenvalue weighted by Crippen LogP contribution is 2.23. The number of hydrogen-bond acceptors (Lipinski definition) is 17. The van der Waals surface area contributed by atoms with Gasteiger partial charge in [0.1, 0.15) is 67.2 Å². The molecule has 2 aliphatic rings. The second kappa shape index (κ2) is 56.2. The number of carboxylic acid groups (broad SMARTS) is 3. The third-order valence-corrected chi connectivity index (χ3v) is 19.2. The molecule has 0 bridgehead atoms. The Bertz CT molecular complexity index is 2750. The van der Waals surface area contributed by atoms with Crippen LogP contribution in [0.4, 0.5) is 0 Å². The third kappa shape index (κ3) is 40.2. The Hall–Kier alpha value is -8.21. The van der Waals surface area contributed by atoms with Crippen LogP contribution >= 0.6 is 0 Å². The molecule has 594 valence electrons. The summed E-state index contributed by atoms with van der Waals surface area (Å²) in [5, 5.41) is 48.9. The van der Waals surface area contributed by atoms with E-state index in [-0.39, 0.29) is 102 Å². The number of Topliss-reactive ketones (excluding diaryl/α,β-unsaturated/α-hetero) is 1. The van der Waals surface area contributed by atoms with Crippen LogP contribution in [0.2, 0.25) is 0 Å². The van der Waals surface area contributed by atoms with E-state index in [0.29, 0.717) is 57.5 Å². The molecule has 0 radical (unpaired) electrons. The maximum Gasteiger partial charge on any atom is 0.303 e. The monoisotopic (exact) mass is 1480 g/mol. The van der Waals surface area contributed by atoms with Gasteiger partial charge in [0.05, 0.1) is 6.04 Å². The van der Waals surface area contributed by atoms with Gasteiger partial charge >= 0.3 is 17.9 Å². The van der Waals surface area contributed by atoms with Crippen molar-refractivity contribution in [2.75, 3.05) is 19.6 Å². The smallest absolute Gasteiger partial charge is 0.303 e. The molecule has 2 fully saturated rings. The summed E-state index contributed by atoms with van der Waals surface area (Å²) in [6.07, 6.45) is 23.1. The van der Waals surface area contributed by atoms with Crippen molar-refractivity contribution in [3.05, 3.63) is 0 Å². The number of carbonyl (C=O) groups excluding carboxylic acids is 14. The molecule has 0 aliphatic carbocycles. The number of ketones is 1. The van der Waals surface area contributed by atoms with Gasteiger partial charge in [-0.15, -0.1) is 0 Å². The van der Waals surface area contributed by atoms with Crippen molar-refractivity contribution in [2.45, 2.75) is 351 Å². The van der Waals surface area contributed by atoms with E-state index < -0.39 is 164 Å². The highest BCUT2D eigenvalue weighted by atomic mass is 16.4. The van der Waals surface area contributed by atoms with E-state index in [9.17, 15) is 96.8 Å². The Morgan fingerprint density at radius 1 is 0.343 bits per heavy atom. The number of aldehydes is 3. The van der Waals surface area contributed by atoms with Gasteiger partial charge in [0.2, 0.25) is 59.1 Å². The molecule has 10 amide bonds. The molecule has 2 heterocycles. The summed E-state index contributed by atoms with van der Waals surface area (Å²) in [6, 6.07) is -12.3. The van der Waals surface area contributed by atoms with Crippen molar-refractivity contribution in [1.82, 2.24) is 52.3 Å². The number of aliphatic carboxylic acids is 3. The van der Waals surface area contributed by atoms with Crippen molar-refractivity contribution in [2.24, 2.45) is 0 Å². The highest BCUT2D eigenvalue weighted by Gasteiger charge is 2.39. The maximum atomic E-state index is 14.0. The molecule has 30 heteroatoms. The number of carboxylic acids is 3. The van der Waals surface area contributed by atoms with Gasteiger partial charge in [-0.1, -0.05) is 142 Å². The fourth-order valence-corrected chi connectivity index (χ4v) is 13.0. The molecule has 30 nitrogen and oxygen atoms in total. The molecular formula is C75H124N10O20. The Kier molecular flexibility index (Phi) is 49.7. The van der Waals surface area contributed by atoms with Crippen LogP contribution in [-0.4, -0.2) is 201 Å². The van der Waals surface area contributed by atoms with Crippen molar-refractivity contribution < 1.29 is 96.8 Å². The van der Waals surface area contributed by atoms with Crippen LogP contribution in [0.25, 0.3) is 0 Å². The van der Waals surface area contributed by atoms with Crippen LogP contribution in [0.5, 0.6) is 0 Å². The molecule has 0 saturated carbocycles. The normalized spacial score (nSPS) is 16.0. The summed E-state index contributed by atoms with van der Waals surface area (Å²) in [6.45, 7) is 6.07. The predicted octanol–water partition coefficient (Wildman–Crippen LogP) is 6.17. The Morgan fingerprint density at radius 3 is 0.943 bits per heavy atom. The van der Waals surface area contributed by atoms with Crippen LogP contribution in [0, 0.1) is 0 Å². The summed E-state index contributed by atoms with van der Waals surface area (Å²) in [5.74, 6) is -12.3. The number of likely N-dealkylation sites (tertiary alicyclic amines) is 2. The zero-order valence-electron chi connectivity index (χ0n) is 62.6. The van der Waals surface area contributed by atoms with Gasteiger partial charge in [-0.25, -0.2) is 0 Å². The largest absolute Gasteiger partial charge is 0.481 e. The Morgan fingerprint density at radius 2 is 0.629 bits per heavy atom. The van der Waals surface area contributed by atoms with E-state index in [1.807, 2.05) is 0 Å². The second-order valence-electron chi connectivity index (χ2n) is 27.9. The lowest BCUT2D eigenvalue weighted by molar-refractivity contribution is -0.141. The summed E-state index contributed by atoms with van der Waals surface area (Å²) in [5.41, 5.74) is 0. The first kappa shape index (κ1) is 92.9. The first-order chi connectivity index (χ1) is 50.4. The lowest BCUT2D eigenvalue weighted by Crippen LogP contribution is -2.58. The van der Waals surface area contributed by atoms with Crippen molar-refractivity contribution in [3.8, 4) is 0 Å². The first-order valence-electron chi connectivity index (χ1n) is 38.9. The molecule has 0 aromatic rings. The van der Waals surface area contributed by atoms with E-state index in [2.05, 4.69) is 56.4 Å². The van der Waals surface area contributed by atoms with Gasteiger partial charge in [-0.3, -0.25) is 67.1 Å². The number of nitrogens with one attached hydrogen (secondary N) is 8. The Labute approximate surface area is 619 Å². The lowest BCUT2D eigenvalue weighted by atomic mass is 10.0. The van der Waals surface area contributed by atoms with E-state index in [0.717, 1.165) is 58.3 Å². The average Bonchev–Trinajstić information content (AvgIpc) is 1.80. The zero-order chi connectivity index (χ0) is 77.7. The van der Waals surface area contributed by atoms with E-state index in [4.69, 9.17) is 0 Å². The molecule has 2 rings (SSSR count). The van der Waals surface area contributed by atoms with Gasteiger partial charge in [0.25, 0.3) is 0 Å². The minimum atomic E-state index is -1.76. The minimum absolute atomic E-state index is 0.0717. The van der Waals surface area contributed by atoms with Crippen LogP contribution in [0.3, 0.4) is 0 Å². The number of unbranched alkanes of at least 4 members (excludes halogenated alkanes) is 21. The Balaban J connectivity index is 2.12. The standard InChI is InChI=1S/C75H124N10O20/c1-4-6-8-10-12-14-16-18-20-22-24-39-63(90)84-48-28-37-61(84)74(104)82-57(36-32-52-88)70(100)79-56(35-31-51-87)69(99)78-55(34-30-50-86)68(98)76-47-27-26-33-54(53(3)89)77-71(101)58(41-44-65(92)93)80-72(102)59(42-45-66(94)95)81-73(103)60(43-46-67(96)97)83-75(105)62-38-29-49-85(62)64(91)40-25-23-21-19-17-15-13-11-9-7-5-2/h50-52,54-62H,4-49H2,1-3H3,(H,76,98)(H,77,101)(H,78,99)(H,79,100)(H,80,102)(H,81,103)(H,82,104)(H,83,105)(H,92,93)(H,94,95)(H,96,97). The third-order valence-electron chi connectivity index (χ3n) is 19.2. The molecule has 0 aromatic heterocycles. The molecule has 11 N–H and O–H groups in total. The second-order valence-corrected chi connectivity index (χ2v) is 27.9. The van der Waals surface area contributed by atoms with Gasteiger partial charge < -0.3 is 82.0 Å². The molecule has 9 atom stereocenters. The lowest BCUT2D eigenvalue weighted by Gasteiger charge is -2.28. The predicted molar refractivity (Wildman–Crippen MR) is 389 cm³/mol. The summed E-state index contributed by atoms with van der Waals surface area (Å²) >= 11 is 0. The average molecular weight is 1490 g/mol. The summed E-state index contributed by atoms with van der Waals surface area (Å²) < 4.78 is 0. The number of amides is 10. The van der Waals surface area contributed by atoms with Crippen molar-refractivity contribution in [1.29, 1.82) is 0 Å². The van der Waals surface area contributed by atoms with E-state index in [1.165, 1.54) is 86.8 Å². The van der Waals surface area contributed by atoms with Crippen LogP contribution in [-0.2, 0) is 81.5 Å². The SMILES string of the molecule is CCCCCCCCCCCCCC(=O)N1CCCC1C(=O)NC(CCC=O)C(=O)NC(CCC=O)C(=O)NC(CCC=O)C(=O)NCCCCC(NC(=O)C(CCC(=O)O)NC(=O)C(CCC(=O)O)NC(=O)C(CCC(=O)O)NC(=O)C1CCCN1C(=O)CCCCCCCCCCCCC)C(C)=O. The van der Waals surface area contributed by atoms with Gasteiger partial charge in [-0.05, 0) is 103 Å². The number of rotatable bonds is 63. The van der Waals surface area contributed by atoms with Crippen LogP contribution < -0.4 is 42.5 Å².